The summed E-state index contributed by atoms with van der Waals surface area (Å²) in [5, 5.41) is 14.0. The average molecular weight is 1390 g/mol. The van der Waals surface area contributed by atoms with E-state index in [0.717, 1.165) is 0 Å². The third kappa shape index (κ3) is 20.7. The standard InChI is InChI=1S/2C15H13.2C13H10.2C11H21Si2.2ClH.2Zr/c2*1-10-3-5-14-12(7-10)9-13-8-11(2)4-6-15(13)14;2*1-3-7-12(8-4-1)11-13-9-5-2-6-10-13;2*1-12(2,3)10-7-8-11(9-10)13(4,5)6;;;;/h2*3-9H,1-2H3;2*1-10H;2*7-8,10H,1-6H3;2*1H;;/q2*-1;;;2*-1;;;2*+2/p-2. The Bertz CT molecular complexity index is 3500. The van der Waals surface area contributed by atoms with E-state index in [1.165, 1.54) is 153 Å². The molecule has 0 nitrogen and oxygen atoms in total. The van der Waals surface area contributed by atoms with Crippen LogP contribution in [0.5, 0.6) is 0 Å². The van der Waals surface area contributed by atoms with E-state index in [1.54, 1.807) is 0 Å². The van der Waals surface area contributed by atoms with E-state index in [9.17, 15) is 0 Å². The second-order valence-corrected chi connectivity index (χ2v) is 50.1. The van der Waals surface area contributed by atoms with E-state index in [4.69, 9.17) is 0 Å². The Morgan fingerprint density at radius 1 is 0.337 bits per heavy atom. The molecule has 0 heterocycles. The Kier molecular flexibility index (Phi) is 27.1. The van der Waals surface area contributed by atoms with Gasteiger partial charge in [0.15, 0.2) is 0 Å². The topological polar surface area (TPSA) is 0 Å². The van der Waals surface area contributed by atoms with Crippen molar-refractivity contribution < 1.29 is 73.3 Å². The van der Waals surface area contributed by atoms with Crippen LogP contribution in [0.1, 0.15) is 44.5 Å². The first-order valence-corrected chi connectivity index (χ1v) is 46.4. The van der Waals surface area contributed by atoms with Gasteiger partial charge in [-0.3, -0.25) is 12.2 Å². The molecule has 0 amide bonds. The molecule has 0 spiro atoms. The molecular weight excluding hydrogens is 1300 g/mol. The summed E-state index contributed by atoms with van der Waals surface area (Å²) in [6.07, 6.45) is 16.8. The molecule has 2 atom stereocenters. The van der Waals surface area contributed by atoms with Crippen LogP contribution >= 0.6 is 0 Å². The number of fused-ring (bicyclic) bond motifs is 6. The van der Waals surface area contributed by atoms with Gasteiger partial charge >= 0.3 is 198 Å². The SMILES string of the molecule is C[Si](C)(C)C1=[C-]C([Si](C)(C)C)C=C1.C[Si](C)(C)C1=[C-]C([Si](C)(C)C)C=C1.Cc1ccc2c(c1)[cH-]c1cc(C)ccc12.Cc1ccc2c(c1)[cH-]c1cc(C)ccc12.[Cl-].[Cl-].[Zr+2]=[C](c1ccccc1)c1ccccc1.[Zr+2]=[C](c1ccccc1)c1ccccc1. The molecule has 86 heavy (non-hydrogen) atoms. The maximum absolute atomic E-state index is 3.70. The van der Waals surface area contributed by atoms with Crippen molar-refractivity contribution in [3.63, 3.8) is 0 Å². The van der Waals surface area contributed by atoms with Crippen molar-refractivity contribution in [3.8, 4) is 0 Å². The third-order valence-electron chi connectivity index (χ3n) is 15.3. The second-order valence-electron chi connectivity index (χ2n) is 26.9. The van der Waals surface area contributed by atoms with Crippen LogP contribution in [-0.2, 0) is 48.5 Å². The van der Waals surface area contributed by atoms with Crippen molar-refractivity contribution in [3.05, 3.63) is 298 Å². The second kappa shape index (κ2) is 32.2. The Morgan fingerprint density at radius 3 is 0.733 bits per heavy atom. The number of hydrogen-bond acceptors (Lipinski definition) is 0. The summed E-state index contributed by atoms with van der Waals surface area (Å²) < 4.78 is 2.83. The monoisotopic (exact) mass is 1390 g/mol. The fourth-order valence-electron chi connectivity index (χ4n) is 10.1. The van der Waals surface area contributed by atoms with Gasteiger partial charge in [-0.05, 0) is 27.7 Å². The molecule has 0 bridgehead atoms. The molecule has 2 aliphatic carbocycles. The molecule has 0 radical (unpaired) electrons. The molecule has 0 saturated heterocycles. The van der Waals surface area contributed by atoms with Crippen LogP contribution in [0, 0.1) is 39.8 Å². The fraction of sp³-hybridized carbons (Fsp3) is 0.231. The van der Waals surface area contributed by atoms with Crippen LogP contribution in [-0.4, -0.2) is 38.7 Å². The van der Waals surface area contributed by atoms with E-state index in [2.05, 4.69) is 349 Å². The summed E-state index contributed by atoms with van der Waals surface area (Å²) in [5.41, 5.74) is 12.0. The van der Waals surface area contributed by atoms with Gasteiger partial charge in [-0.25, -0.2) is 22.5 Å². The first-order valence-electron chi connectivity index (χ1n) is 29.8. The molecule has 12 rings (SSSR count). The van der Waals surface area contributed by atoms with Crippen molar-refractivity contribution >= 4 is 81.8 Å². The maximum atomic E-state index is 3.70. The quantitative estimate of drug-likeness (QED) is 0.105. The van der Waals surface area contributed by atoms with Crippen molar-refractivity contribution in [2.24, 2.45) is 0 Å². The minimum atomic E-state index is -1.10. The Morgan fingerprint density at radius 2 is 0.558 bits per heavy atom. The zero-order valence-corrected chi connectivity index (χ0v) is 64.3. The number of benzene rings is 8. The summed E-state index contributed by atoms with van der Waals surface area (Å²) >= 11 is 2.92. The van der Waals surface area contributed by atoms with Gasteiger partial charge in [-0.1, -0.05) is 149 Å². The zero-order chi connectivity index (χ0) is 61.0. The van der Waals surface area contributed by atoms with E-state index < -0.39 is 32.3 Å². The minimum absolute atomic E-state index is 0. The summed E-state index contributed by atoms with van der Waals surface area (Å²) in [4.78, 5) is 0. The van der Waals surface area contributed by atoms with Gasteiger partial charge in [0, 0.05) is 32.3 Å². The molecule has 0 fully saturated rings. The van der Waals surface area contributed by atoms with Crippen molar-refractivity contribution in [1.29, 1.82) is 0 Å². The number of aryl methyl sites for hydroxylation is 4. The summed E-state index contributed by atoms with van der Waals surface area (Å²) in [7, 11) is -4.29. The summed E-state index contributed by atoms with van der Waals surface area (Å²) in [6, 6.07) is 73.4. The van der Waals surface area contributed by atoms with E-state index in [1.807, 2.05) is 0 Å². The molecule has 2 aliphatic rings. The Balaban J connectivity index is 0.000000188. The summed E-state index contributed by atoms with van der Waals surface area (Å²) in [5.74, 6) is 0. The van der Waals surface area contributed by atoms with Gasteiger partial charge in [-0.2, -0.15) is 12.2 Å². The van der Waals surface area contributed by atoms with Crippen LogP contribution < -0.4 is 24.8 Å². The van der Waals surface area contributed by atoms with E-state index in [-0.39, 0.29) is 24.8 Å². The average Bonchev–Trinajstić information content (AvgIpc) is 2.31. The molecular formula is C78H88Cl2Si4Zr2-2. The van der Waals surface area contributed by atoms with Crippen LogP contribution in [0.3, 0.4) is 0 Å². The van der Waals surface area contributed by atoms with Gasteiger partial charge < -0.3 is 24.8 Å². The molecule has 10 aromatic carbocycles. The van der Waals surface area contributed by atoms with Crippen LogP contribution in [0.25, 0.3) is 43.1 Å². The van der Waals surface area contributed by atoms with Crippen LogP contribution in [0.15, 0.2) is 241 Å². The number of hydrogen-bond donors (Lipinski definition) is 0. The van der Waals surface area contributed by atoms with Crippen LogP contribution in [0.2, 0.25) is 89.6 Å². The van der Waals surface area contributed by atoms with Gasteiger partial charge in [0.25, 0.3) is 0 Å². The third-order valence-corrected chi connectivity index (χ3v) is 26.4. The van der Waals surface area contributed by atoms with Gasteiger partial charge in [0.05, 0.1) is 0 Å². The van der Waals surface area contributed by atoms with Crippen molar-refractivity contribution in [2.45, 2.75) is 117 Å². The van der Waals surface area contributed by atoms with Gasteiger partial charge in [0.1, 0.15) is 0 Å². The number of rotatable bonds is 8. The molecule has 10 aromatic rings. The van der Waals surface area contributed by atoms with Gasteiger partial charge in [-0.15, -0.1) is 90.6 Å². The molecule has 8 heteroatoms. The molecule has 0 saturated carbocycles. The normalized spacial score (nSPS) is 14.3. The zero-order valence-electron chi connectivity index (χ0n) is 53.8. The molecule has 2 unspecified atom stereocenters. The molecule has 440 valence electrons. The summed E-state index contributed by atoms with van der Waals surface area (Å²) in [6.45, 7) is 37.4. The predicted molar refractivity (Wildman–Crippen MR) is 378 cm³/mol. The predicted octanol–water partition coefficient (Wildman–Crippen LogP) is 16.0. The van der Waals surface area contributed by atoms with Gasteiger partial charge in [0.2, 0.25) is 0 Å². The molecule has 0 aromatic heterocycles. The molecule has 0 N–H and O–H groups in total. The number of allylic oxidation sites excluding steroid dienone is 8. The van der Waals surface area contributed by atoms with Crippen molar-refractivity contribution in [2.75, 3.05) is 0 Å². The fourth-order valence-corrected chi connectivity index (χ4v) is 17.0. The first-order chi connectivity index (χ1) is 39.6. The van der Waals surface area contributed by atoms with Crippen molar-refractivity contribution in [1.82, 2.24) is 0 Å². The Labute approximate surface area is 564 Å². The van der Waals surface area contributed by atoms with E-state index >= 15 is 0 Å². The molecule has 0 aliphatic heterocycles. The number of halogens is 2. The Hall–Kier alpha value is -4.59. The first kappa shape index (κ1) is 72.2. The van der Waals surface area contributed by atoms with Crippen LogP contribution in [0.4, 0.5) is 0 Å². The van der Waals surface area contributed by atoms with E-state index in [0.29, 0.717) is 11.1 Å².